The van der Waals surface area contributed by atoms with Crippen LogP contribution in [0.4, 0.5) is 5.69 Å². The third-order valence-corrected chi connectivity index (χ3v) is 5.74. The van der Waals surface area contributed by atoms with Gasteiger partial charge in [0, 0.05) is 17.4 Å². The quantitative estimate of drug-likeness (QED) is 0.345. The van der Waals surface area contributed by atoms with Crippen LogP contribution in [0.3, 0.4) is 0 Å². The van der Waals surface area contributed by atoms with Gasteiger partial charge in [-0.1, -0.05) is 35.4 Å². The summed E-state index contributed by atoms with van der Waals surface area (Å²) in [6, 6.07) is 14.6. The van der Waals surface area contributed by atoms with Crippen molar-refractivity contribution in [2.24, 2.45) is 0 Å². The Morgan fingerprint density at radius 3 is 2.50 bits per heavy atom. The number of halogens is 1. The number of pyridine rings is 1. The highest BCUT2D eigenvalue weighted by Crippen LogP contribution is 2.43. The first kappa shape index (κ1) is 21.6. The summed E-state index contributed by atoms with van der Waals surface area (Å²) in [6.45, 7) is 3.83. The van der Waals surface area contributed by atoms with Gasteiger partial charge >= 0.3 is 0 Å². The number of aromatic nitrogens is 1. The van der Waals surface area contributed by atoms with Crippen LogP contribution in [0.2, 0.25) is 5.02 Å². The van der Waals surface area contributed by atoms with Crippen molar-refractivity contribution in [3.8, 4) is 5.75 Å². The van der Waals surface area contributed by atoms with Crippen molar-refractivity contribution in [3.63, 3.8) is 0 Å². The maximum absolute atomic E-state index is 13.2. The lowest BCUT2D eigenvalue weighted by Crippen LogP contribution is -2.30. The third kappa shape index (κ3) is 3.63. The number of nitrogens with zero attached hydrogens (tertiary/aromatic N) is 2. The second-order valence-corrected chi connectivity index (χ2v) is 7.97. The van der Waals surface area contributed by atoms with E-state index in [0.717, 1.165) is 11.1 Å². The third-order valence-electron chi connectivity index (χ3n) is 5.45. The lowest BCUT2D eigenvalue weighted by molar-refractivity contribution is -0.132. The maximum atomic E-state index is 13.2. The number of amides is 1. The van der Waals surface area contributed by atoms with Crippen molar-refractivity contribution in [3.05, 3.63) is 93.8 Å². The van der Waals surface area contributed by atoms with Crippen LogP contribution in [0.5, 0.6) is 5.75 Å². The molecule has 0 bridgehead atoms. The van der Waals surface area contributed by atoms with Crippen LogP contribution in [0.15, 0.2) is 66.4 Å². The number of carbonyl (C=O) groups is 2. The Kier molecular flexibility index (Phi) is 5.72. The molecule has 7 heteroatoms. The average molecular weight is 449 g/mol. The predicted octanol–water partition coefficient (Wildman–Crippen LogP) is 4.99. The van der Waals surface area contributed by atoms with Crippen molar-refractivity contribution in [2.45, 2.75) is 19.9 Å². The van der Waals surface area contributed by atoms with Crippen LogP contribution >= 0.6 is 11.6 Å². The lowest BCUT2D eigenvalue weighted by Gasteiger charge is -2.26. The van der Waals surface area contributed by atoms with E-state index < -0.39 is 17.7 Å². The predicted molar refractivity (Wildman–Crippen MR) is 123 cm³/mol. The molecule has 0 radical (unpaired) electrons. The normalized spacial score (nSPS) is 17.6. The molecule has 1 aromatic heterocycles. The number of ketones is 1. The van der Waals surface area contributed by atoms with Gasteiger partial charge in [-0.3, -0.25) is 19.5 Å². The minimum atomic E-state index is -0.890. The summed E-state index contributed by atoms with van der Waals surface area (Å²) in [5, 5.41) is 11.4. The topological polar surface area (TPSA) is 79.7 Å². The minimum Gasteiger partial charge on any atom is -0.507 e. The highest BCUT2D eigenvalue weighted by atomic mass is 35.5. The Bertz CT molecular complexity index is 1250. The number of aryl methyl sites for hydroxylation is 2. The molecule has 1 atom stereocenters. The van der Waals surface area contributed by atoms with Gasteiger partial charge in [-0.15, -0.1) is 0 Å². The summed E-state index contributed by atoms with van der Waals surface area (Å²) >= 11 is 6.23. The number of benzene rings is 2. The molecule has 1 unspecified atom stereocenters. The molecule has 4 rings (SSSR count). The number of rotatable bonds is 4. The van der Waals surface area contributed by atoms with E-state index in [2.05, 4.69) is 4.98 Å². The second kappa shape index (κ2) is 8.48. The Hall–Kier alpha value is -3.64. The monoisotopic (exact) mass is 448 g/mol. The summed E-state index contributed by atoms with van der Waals surface area (Å²) in [5.41, 5.74) is 3.17. The fraction of sp³-hybridized carbons (Fsp3) is 0.160. The molecule has 3 aromatic rings. The van der Waals surface area contributed by atoms with Crippen LogP contribution in [-0.2, 0) is 9.59 Å². The van der Waals surface area contributed by atoms with Crippen molar-refractivity contribution >= 4 is 34.7 Å². The van der Waals surface area contributed by atoms with Gasteiger partial charge in [-0.25, -0.2) is 0 Å². The van der Waals surface area contributed by atoms with E-state index >= 15 is 0 Å². The number of ether oxygens (including phenoxy) is 1. The van der Waals surface area contributed by atoms with Gasteiger partial charge in [0.05, 0.1) is 23.4 Å². The number of aliphatic hydroxyl groups is 1. The van der Waals surface area contributed by atoms with Gasteiger partial charge < -0.3 is 9.84 Å². The molecule has 0 aliphatic carbocycles. The number of carbonyl (C=O) groups excluding carboxylic acids is 2. The Labute approximate surface area is 190 Å². The molecule has 1 amide bonds. The lowest BCUT2D eigenvalue weighted by atomic mass is 9.97. The molecule has 1 aliphatic rings. The molecule has 32 heavy (non-hydrogen) atoms. The van der Waals surface area contributed by atoms with Crippen LogP contribution in [0, 0.1) is 13.8 Å². The molecule has 2 heterocycles. The molecular formula is C25H21ClN2O4. The molecule has 2 aromatic carbocycles. The highest BCUT2D eigenvalue weighted by molar-refractivity contribution is 6.51. The summed E-state index contributed by atoms with van der Waals surface area (Å²) in [7, 11) is 1.48. The van der Waals surface area contributed by atoms with Crippen LogP contribution in [0.25, 0.3) is 5.76 Å². The molecule has 1 aliphatic heterocycles. The van der Waals surface area contributed by atoms with Crippen LogP contribution < -0.4 is 9.64 Å². The van der Waals surface area contributed by atoms with Crippen LogP contribution in [0.1, 0.15) is 28.4 Å². The molecule has 162 valence electrons. The summed E-state index contributed by atoms with van der Waals surface area (Å²) in [6.07, 6.45) is 1.59. The molecule has 6 nitrogen and oxygen atoms in total. The average Bonchev–Trinajstić information content (AvgIpc) is 3.04. The zero-order chi connectivity index (χ0) is 23.0. The Morgan fingerprint density at radius 1 is 1.09 bits per heavy atom. The Morgan fingerprint density at radius 2 is 1.88 bits per heavy atom. The zero-order valence-electron chi connectivity index (χ0n) is 17.8. The van der Waals surface area contributed by atoms with E-state index in [0.29, 0.717) is 22.7 Å². The largest absolute Gasteiger partial charge is 0.507 e. The fourth-order valence-electron chi connectivity index (χ4n) is 3.94. The molecular weight excluding hydrogens is 428 g/mol. The highest BCUT2D eigenvalue weighted by Gasteiger charge is 2.48. The summed E-state index contributed by atoms with van der Waals surface area (Å²) in [5.74, 6) is -1.41. The van der Waals surface area contributed by atoms with Gasteiger partial charge in [0.25, 0.3) is 11.7 Å². The minimum absolute atomic E-state index is 0.0464. The van der Waals surface area contributed by atoms with Crippen molar-refractivity contribution < 1.29 is 19.4 Å². The maximum Gasteiger partial charge on any atom is 0.300 e. The summed E-state index contributed by atoms with van der Waals surface area (Å²) < 4.78 is 5.16. The van der Waals surface area contributed by atoms with Crippen molar-refractivity contribution in [1.82, 2.24) is 4.98 Å². The van der Waals surface area contributed by atoms with Gasteiger partial charge in [-0.05, 0) is 55.8 Å². The summed E-state index contributed by atoms with van der Waals surface area (Å²) in [4.78, 5) is 32.2. The van der Waals surface area contributed by atoms with E-state index in [1.54, 1.807) is 42.6 Å². The van der Waals surface area contributed by atoms with Crippen molar-refractivity contribution in [2.75, 3.05) is 12.0 Å². The first-order valence-corrected chi connectivity index (χ1v) is 10.3. The molecule has 1 fully saturated rings. The first-order valence-electron chi connectivity index (χ1n) is 9.96. The molecule has 1 N–H and O–H groups in total. The second-order valence-electron chi connectivity index (χ2n) is 7.56. The van der Waals surface area contributed by atoms with Gasteiger partial charge in [-0.2, -0.15) is 0 Å². The standard InChI is InChI=1S/C25H21ClN2O4/c1-14-7-9-19(15(2)12-14)28-22(18-6-4-5-11-27-18)21(24(30)25(28)31)23(29)16-8-10-20(32-3)17(26)13-16/h4-13,22,29H,1-3H3/b23-21+. The Balaban J connectivity index is 1.95. The van der Waals surface area contributed by atoms with E-state index in [4.69, 9.17) is 16.3 Å². The molecule has 0 saturated carbocycles. The van der Waals surface area contributed by atoms with Gasteiger partial charge in [0.2, 0.25) is 0 Å². The number of anilines is 1. The van der Waals surface area contributed by atoms with Crippen molar-refractivity contribution in [1.29, 1.82) is 0 Å². The fourth-order valence-corrected chi connectivity index (χ4v) is 4.20. The van der Waals surface area contributed by atoms with Gasteiger partial charge in [0.15, 0.2) is 0 Å². The number of hydrogen-bond donors (Lipinski definition) is 1. The number of methoxy groups -OCH3 is 1. The van der Waals surface area contributed by atoms with E-state index in [1.165, 1.54) is 18.1 Å². The molecule has 1 saturated heterocycles. The zero-order valence-corrected chi connectivity index (χ0v) is 18.6. The van der Waals surface area contributed by atoms with E-state index in [-0.39, 0.29) is 16.4 Å². The molecule has 0 spiro atoms. The van der Waals surface area contributed by atoms with Gasteiger partial charge in [0.1, 0.15) is 17.6 Å². The van der Waals surface area contributed by atoms with E-state index in [1.807, 2.05) is 26.0 Å². The SMILES string of the molecule is COc1ccc(/C(O)=C2\C(=O)C(=O)N(c3ccc(C)cc3C)C2c2ccccn2)cc1Cl. The number of aliphatic hydroxyl groups excluding tert-OH is 1. The number of Topliss-reactive ketones (excluding diaryl/α,β-unsaturated/α-hetero) is 1. The van der Waals surface area contributed by atoms with Crippen LogP contribution in [-0.4, -0.2) is 28.9 Å². The number of hydrogen-bond acceptors (Lipinski definition) is 5. The van der Waals surface area contributed by atoms with E-state index in [9.17, 15) is 14.7 Å². The smallest absolute Gasteiger partial charge is 0.300 e. The first-order chi connectivity index (χ1) is 15.3.